The maximum absolute atomic E-state index is 13.0. The molecule has 0 spiro atoms. The lowest BCUT2D eigenvalue weighted by Crippen LogP contribution is -2.26. The van der Waals surface area contributed by atoms with Gasteiger partial charge in [-0.1, -0.05) is 6.07 Å². The number of hydrogen-bond acceptors (Lipinski definition) is 2. The number of carbonyl (C=O) groups excluding carboxylic acids is 1. The normalized spacial score (nSPS) is 10.6. The number of aromatic amines is 1. The summed E-state index contributed by atoms with van der Waals surface area (Å²) in [5.74, 6) is -0.367. The molecule has 0 saturated heterocycles. The molecular formula is C15H18FN3O. The van der Waals surface area contributed by atoms with Crippen LogP contribution in [0.2, 0.25) is 0 Å². The maximum atomic E-state index is 13.0. The molecule has 0 saturated carbocycles. The quantitative estimate of drug-likeness (QED) is 0.900. The van der Waals surface area contributed by atoms with Crippen molar-refractivity contribution in [1.82, 2.24) is 15.5 Å². The minimum atomic E-state index is -0.236. The molecule has 1 aromatic carbocycles. The van der Waals surface area contributed by atoms with E-state index < -0.39 is 0 Å². The van der Waals surface area contributed by atoms with Crippen LogP contribution >= 0.6 is 0 Å². The van der Waals surface area contributed by atoms with Gasteiger partial charge in [-0.2, -0.15) is 5.10 Å². The summed E-state index contributed by atoms with van der Waals surface area (Å²) in [5, 5.41) is 9.65. The van der Waals surface area contributed by atoms with Crippen LogP contribution in [0.5, 0.6) is 0 Å². The summed E-state index contributed by atoms with van der Waals surface area (Å²) in [5.41, 5.74) is 3.99. The monoisotopic (exact) mass is 275 g/mol. The van der Waals surface area contributed by atoms with Crippen molar-refractivity contribution >= 4 is 5.91 Å². The van der Waals surface area contributed by atoms with Gasteiger partial charge in [-0.15, -0.1) is 0 Å². The lowest BCUT2D eigenvalue weighted by atomic mass is 10.1. The van der Waals surface area contributed by atoms with Crippen LogP contribution in [0.4, 0.5) is 4.39 Å². The molecule has 0 aliphatic rings. The molecule has 0 bridgehead atoms. The molecule has 4 nitrogen and oxygen atoms in total. The second-order valence-corrected chi connectivity index (χ2v) is 4.89. The van der Waals surface area contributed by atoms with Crippen molar-refractivity contribution in [2.45, 2.75) is 27.2 Å². The Balaban J connectivity index is 1.95. The number of aryl methyl sites for hydroxylation is 3. The highest BCUT2D eigenvalue weighted by molar-refractivity contribution is 5.96. The van der Waals surface area contributed by atoms with E-state index in [1.807, 2.05) is 13.8 Å². The van der Waals surface area contributed by atoms with Crippen LogP contribution in [0.25, 0.3) is 0 Å². The molecule has 2 N–H and O–H groups in total. The Morgan fingerprint density at radius 3 is 2.70 bits per heavy atom. The van der Waals surface area contributed by atoms with Crippen molar-refractivity contribution in [3.05, 3.63) is 52.1 Å². The number of benzene rings is 1. The second kappa shape index (κ2) is 5.86. The van der Waals surface area contributed by atoms with Gasteiger partial charge in [0.1, 0.15) is 5.82 Å². The summed E-state index contributed by atoms with van der Waals surface area (Å²) < 4.78 is 13.0. The lowest BCUT2D eigenvalue weighted by Gasteiger charge is -2.08. The molecule has 0 aliphatic heterocycles. The summed E-state index contributed by atoms with van der Waals surface area (Å²) in [6, 6.07) is 4.70. The number of amides is 1. The minimum absolute atomic E-state index is 0.131. The fourth-order valence-electron chi connectivity index (χ4n) is 2.22. The number of rotatable bonds is 4. The Kier molecular flexibility index (Phi) is 4.17. The Bertz CT molecular complexity index is 615. The van der Waals surface area contributed by atoms with Gasteiger partial charge in [-0.3, -0.25) is 9.89 Å². The predicted octanol–water partition coefficient (Wildman–Crippen LogP) is 2.45. The molecule has 20 heavy (non-hydrogen) atoms. The van der Waals surface area contributed by atoms with Gasteiger partial charge in [0.05, 0.1) is 11.3 Å². The summed E-state index contributed by atoms with van der Waals surface area (Å²) in [6.07, 6.45) is 0.674. The minimum Gasteiger partial charge on any atom is -0.352 e. The molecule has 0 radical (unpaired) electrons. The Morgan fingerprint density at radius 2 is 2.10 bits per heavy atom. The fraction of sp³-hybridized carbons (Fsp3) is 0.333. The molecule has 0 aliphatic carbocycles. The second-order valence-electron chi connectivity index (χ2n) is 4.89. The molecule has 0 fully saturated rings. The lowest BCUT2D eigenvalue weighted by molar-refractivity contribution is 0.0953. The maximum Gasteiger partial charge on any atom is 0.255 e. The van der Waals surface area contributed by atoms with E-state index in [1.165, 1.54) is 12.1 Å². The zero-order valence-corrected chi connectivity index (χ0v) is 11.9. The van der Waals surface area contributed by atoms with E-state index >= 15 is 0 Å². The van der Waals surface area contributed by atoms with Crippen LogP contribution < -0.4 is 5.32 Å². The molecule has 1 heterocycles. The van der Waals surface area contributed by atoms with Gasteiger partial charge < -0.3 is 5.32 Å². The molecule has 106 valence electrons. The standard InChI is InChI=1S/C15H18FN3O/c1-9-8-13(16)5-4-12(9)6-7-17-15(20)14-10(2)18-19-11(14)3/h4-5,8H,6-7H2,1-3H3,(H,17,20)(H,18,19). The van der Waals surface area contributed by atoms with Crippen molar-refractivity contribution in [2.24, 2.45) is 0 Å². The number of nitrogens with zero attached hydrogens (tertiary/aromatic N) is 1. The first kappa shape index (κ1) is 14.2. The van der Waals surface area contributed by atoms with Crippen LogP contribution in [0, 0.1) is 26.6 Å². The van der Waals surface area contributed by atoms with Gasteiger partial charge in [0.25, 0.3) is 5.91 Å². The van der Waals surface area contributed by atoms with Crippen molar-refractivity contribution in [1.29, 1.82) is 0 Å². The topological polar surface area (TPSA) is 57.8 Å². The van der Waals surface area contributed by atoms with E-state index in [9.17, 15) is 9.18 Å². The van der Waals surface area contributed by atoms with Gasteiger partial charge in [0.2, 0.25) is 0 Å². The third kappa shape index (κ3) is 3.04. The smallest absolute Gasteiger partial charge is 0.255 e. The zero-order chi connectivity index (χ0) is 14.7. The molecule has 1 aromatic heterocycles. The third-order valence-electron chi connectivity index (χ3n) is 3.34. The van der Waals surface area contributed by atoms with Gasteiger partial charge in [0, 0.05) is 12.2 Å². The van der Waals surface area contributed by atoms with Gasteiger partial charge in [-0.05, 0) is 50.5 Å². The molecule has 0 unspecified atom stereocenters. The van der Waals surface area contributed by atoms with Crippen LogP contribution in [0.15, 0.2) is 18.2 Å². The van der Waals surface area contributed by atoms with Crippen molar-refractivity contribution in [2.75, 3.05) is 6.54 Å². The zero-order valence-electron chi connectivity index (χ0n) is 11.9. The highest BCUT2D eigenvalue weighted by atomic mass is 19.1. The molecule has 2 aromatic rings. The SMILES string of the molecule is Cc1cc(F)ccc1CCNC(=O)c1c(C)n[nH]c1C. The van der Waals surface area contributed by atoms with Gasteiger partial charge >= 0.3 is 0 Å². The van der Waals surface area contributed by atoms with Gasteiger partial charge in [-0.25, -0.2) is 4.39 Å². The third-order valence-corrected chi connectivity index (χ3v) is 3.34. The van der Waals surface area contributed by atoms with Crippen molar-refractivity contribution in [3.8, 4) is 0 Å². The van der Waals surface area contributed by atoms with Crippen LogP contribution in [-0.4, -0.2) is 22.6 Å². The largest absolute Gasteiger partial charge is 0.352 e. The van der Waals surface area contributed by atoms with E-state index in [1.54, 1.807) is 13.0 Å². The van der Waals surface area contributed by atoms with Gasteiger partial charge in [0.15, 0.2) is 0 Å². The van der Waals surface area contributed by atoms with Crippen LogP contribution in [-0.2, 0) is 6.42 Å². The number of nitrogens with one attached hydrogen (secondary N) is 2. The molecule has 1 amide bonds. The fourth-order valence-corrected chi connectivity index (χ4v) is 2.22. The number of aromatic nitrogens is 2. The first-order valence-electron chi connectivity index (χ1n) is 6.54. The Labute approximate surface area is 117 Å². The molecular weight excluding hydrogens is 257 g/mol. The number of halogens is 1. The number of H-pyrrole nitrogens is 1. The average molecular weight is 275 g/mol. The van der Waals surface area contributed by atoms with E-state index in [-0.39, 0.29) is 11.7 Å². The number of hydrogen-bond donors (Lipinski definition) is 2. The van der Waals surface area contributed by atoms with Crippen LogP contribution in [0.1, 0.15) is 32.9 Å². The molecule has 2 rings (SSSR count). The van der Waals surface area contributed by atoms with E-state index in [2.05, 4.69) is 15.5 Å². The highest BCUT2D eigenvalue weighted by Crippen LogP contribution is 2.11. The summed E-state index contributed by atoms with van der Waals surface area (Å²) in [4.78, 5) is 12.0. The first-order valence-corrected chi connectivity index (χ1v) is 6.54. The van der Waals surface area contributed by atoms with Crippen molar-refractivity contribution < 1.29 is 9.18 Å². The average Bonchev–Trinajstić information content (AvgIpc) is 2.71. The van der Waals surface area contributed by atoms with E-state index in [0.29, 0.717) is 24.2 Å². The van der Waals surface area contributed by atoms with Crippen molar-refractivity contribution in [3.63, 3.8) is 0 Å². The summed E-state index contributed by atoms with van der Waals surface area (Å²) in [7, 11) is 0. The van der Waals surface area contributed by atoms with E-state index in [0.717, 1.165) is 16.8 Å². The number of carbonyl (C=O) groups is 1. The Morgan fingerprint density at radius 1 is 1.35 bits per heavy atom. The van der Waals surface area contributed by atoms with E-state index in [4.69, 9.17) is 0 Å². The van der Waals surface area contributed by atoms with Crippen LogP contribution in [0.3, 0.4) is 0 Å². The predicted molar refractivity (Wildman–Crippen MR) is 75.2 cm³/mol. The molecule has 5 heteroatoms. The highest BCUT2D eigenvalue weighted by Gasteiger charge is 2.14. The summed E-state index contributed by atoms with van der Waals surface area (Å²) in [6.45, 7) is 5.99. The Hall–Kier alpha value is -2.17. The summed E-state index contributed by atoms with van der Waals surface area (Å²) >= 11 is 0. The molecule has 0 atom stereocenters. The first-order chi connectivity index (χ1) is 9.49.